The van der Waals surface area contributed by atoms with Gasteiger partial charge in [0.25, 0.3) is 0 Å². The third-order valence-corrected chi connectivity index (χ3v) is 5.19. The van der Waals surface area contributed by atoms with Gasteiger partial charge < -0.3 is 9.67 Å². The molecule has 0 atom stereocenters. The Bertz CT molecular complexity index is 622. The molecule has 100 valence electrons. The minimum absolute atomic E-state index is 0.342. The van der Waals surface area contributed by atoms with Crippen LogP contribution in [0.1, 0.15) is 23.8 Å². The number of carbonyl (C=O) groups is 1. The van der Waals surface area contributed by atoms with Crippen LogP contribution in [0.3, 0.4) is 0 Å². The predicted molar refractivity (Wildman–Crippen MR) is 87.5 cm³/mol. The fourth-order valence-corrected chi connectivity index (χ4v) is 2.79. The number of hydrogen-bond donors (Lipinski definition) is 1. The molecular formula is C14H13BrINO2. The maximum atomic E-state index is 11.2. The molecule has 0 fully saturated rings. The van der Waals surface area contributed by atoms with Crippen molar-refractivity contribution in [3.63, 3.8) is 0 Å². The summed E-state index contributed by atoms with van der Waals surface area (Å²) in [5, 5.41) is 9.22. The molecule has 0 spiro atoms. The van der Waals surface area contributed by atoms with Gasteiger partial charge in [0.2, 0.25) is 0 Å². The van der Waals surface area contributed by atoms with Crippen molar-refractivity contribution in [2.45, 2.75) is 19.9 Å². The number of benzene rings is 1. The van der Waals surface area contributed by atoms with Gasteiger partial charge in [-0.2, -0.15) is 0 Å². The molecule has 1 N–H and O–H groups in total. The van der Waals surface area contributed by atoms with Crippen molar-refractivity contribution in [1.82, 2.24) is 4.57 Å². The van der Waals surface area contributed by atoms with E-state index in [0.717, 1.165) is 25.7 Å². The Labute approximate surface area is 133 Å². The van der Waals surface area contributed by atoms with Crippen molar-refractivity contribution in [3.8, 4) is 11.3 Å². The Kier molecular flexibility index (Phi) is 4.67. The molecule has 19 heavy (non-hydrogen) atoms. The molecule has 0 radical (unpaired) electrons. The summed E-state index contributed by atoms with van der Waals surface area (Å²) < 4.78 is 4.02. The zero-order chi connectivity index (χ0) is 14.0. The van der Waals surface area contributed by atoms with E-state index < -0.39 is 5.97 Å². The molecule has 0 bridgehead atoms. The predicted octanol–water partition coefficient (Wildman–Crippen LogP) is 4.63. The zero-order valence-corrected chi connectivity index (χ0v) is 14.1. The van der Waals surface area contributed by atoms with Gasteiger partial charge in [-0.05, 0) is 74.8 Å². The second kappa shape index (κ2) is 6.09. The third-order valence-electron chi connectivity index (χ3n) is 2.86. The van der Waals surface area contributed by atoms with Gasteiger partial charge in [0.1, 0.15) is 5.69 Å². The molecule has 2 rings (SSSR count). The molecule has 0 aliphatic rings. The van der Waals surface area contributed by atoms with Crippen LogP contribution in [-0.4, -0.2) is 15.6 Å². The first kappa shape index (κ1) is 14.6. The van der Waals surface area contributed by atoms with Crippen LogP contribution in [-0.2, 0) is 6.54 Å². The Hall–Kier alpha value is -0.820. The lowest BCUT2D eigenvalue weighted by molar-refractivity contribution is 0.0685. The number of carboxylic acids is 1. The average molecular weight is 434 g/mol. The van der Waals surface area contributed by atoms with Crippen LogP contribution < -0.4 is 0 Å². The molecule has 1 heterocycles. The topological polar surface area (TPSA) is 42.2 Å². The zero-order valence-electron chi connectivity index (χ0n) is 10.4. The SMILES string of the molecule is CCCn1c(C(=O)O)ccc1-c1ccc(Br)c(I)c1. The normalized spacial score (nSPS) is 10.7. The van der Waals surface area contributed by atoms with Crippen LogP contribution in [0, 0.1) is 3.57 Å². The van der Waals surface area contributed by atoms with E-state index in [1.165, 1.54) is 0 Å². The van der Waals surface area contributed by atoms with Crippen LogP contribution in [0.5, 0.6) is 0 Å². The largest absolute Gasteiger partial charge is 0.477 e. The third kappa shape index (κ3) is 3.02. The highest BCUT2D eigenvalue weighted by Gasteiger charge is 2.15. The Morgan fingerprint density at radius 3 is 2.68 bits per heavy atom. The van der Waals surface area contributed by atoms with Crippen LogP contribution in [0.15, 0.2) is 34.8 Å². The number of aromatic carboxylic acids is 1. The molecule has 0 unspecified atom stereocenters. The van der Waals surface area contributed by atoms with E-state index in [9.17, 15) is 9.90 Å². The fraction of sp³-hybridized carbons (Fsp3) is 0.214. The summed E-state index contributed by atoms with van der Waals surface area (Å²) in [6, 6.07) is 9.58. The van der Waals surface area contributed by atoms with E-state index in [1.54, 1.807) is 6.07 Å². The van der Waals surface area contributed by atoms with Gasteiger partial charge in [0.15, 0.2) is 0 Å². The lowest BCUT2D eigenvalue weighted by Crippen LogP contribution is -2.09. The van der Waals surface area contributed by atoms with Gasteiger partial charge in [-0.3, -0.25) is 0 Å². The van der Waals surface area contributed by atoms with Crippen molar-refractivity contribution in [2.24, 2.45) is 0 Å². The maximum absolute atomic E-state index is 11.2. The summed E-state index contributed by atoms with van der Waals surface area (Å²) in [6.07, 6.45) is 0.898. The fourth-order valence-electron chi connectivity index (χ4n) is 2.03. The molecule has 0 amide bonds. The van der Waals surface area contributed by atoms with Gasteiger partial charge in [-0.15, -0.1) is 0 Å². The van der Waals surface area contributed by atoms with Crippen molar-refractivity contribution in [3.05, 3.63) is 44.1 Å². The quantitative estimate of drug-likeness (QED) is 0.714. The summed E-state index contributed by atoms with van der Waals surface area (Å²) >= 11 is 5.73. The van der Waals surface area contributed by atoms with Crippen LogP contribution in [0.4, 0.5) is 0 Å². The molecule has 3 nitrogen and oxygen atoms in total. The molecule has 2 aromatic rings. The maximum Gasteiger partial charge on any atom is 0.352 e. The number of hydrogen-bond acceptors (Lipinski definition) is 1. The first-order valence-electron chi connectivity index (χ1n) is 5.92. The first-order valence-corrected chi connectivity index (χ1v) is 7.80. The second-order valence-electron chi connectivity index (χ2n) is 4.19. The van der Waals surface area contributed by atoms with E-state index in [4.69, 9.17) is 0 Å². The van der Waals surface area contributed by atoms with E-state index in [1.807, 2.05) is 29.7 Å². The number of nitrogens with zero attached hydrogens (tertiary/aromatic N) is 1. The Morgan fingerprint density at radius 2 is 2.11 bits per heavy atom. The molecule has 1 aromatic heterocycles. The minimum atomic E-state index is -0.883. The van der Waals surface area contributed by atoms with Crippen molar-refractivity contribution < 1.29 is 9.90 Å². The lowest BCUT2D eigenvalue weighted by Gasteiger charge is -2.11. The number of halogens is 2. The summed E-state index contributed by atoms with van der Waals surface area (Å²) in [5.41, 5.74) is 2.33. The summed E-state index contributed by atoms with van der Waals surface area (Å²) in [5.74, 6) is -0.883. The number of rotatable bonds is 4. The highest BCUT2D eigenvalue weighted by atomic mass is 127. The lowest BCUT2D eigenvalue weighted by atomic mass is 10.1. The molecule has 0 saturated carbocycles. The van der Waals surface area contributed by atoms with E-state index in [2.05, 4.69) is 44.6 Å². The van der Waals surface area contributed by atoms with Crippen molar-refractivity contribution in [2.75, 3.05) is 0 Å². The molecule has 1 aromatic carbocycles. The van der Waals surface area contributed by atoms with Gasteiger partial charge in [0.05, 0.1) is 0 Å². The molecular weight excluding hydrogens is 421 g/mol. The van der Waals surface area contributed by atoms with E-state index >= 15 is 0 Å². The van der Waals surface area contributed by atoms with Gasteiger partial charge in [-0.1, -0.05) is 13.0 Å². The standard InChI is InChI=1S/C14H13BrINO2/c1-2-7-17-12(5-6-13(17)14(18)19)9-3-4-10(15)11(16)8-9/h3-6,8H,2,7H2,1H3,(H,18,19). The first-order chi connectivity index (χ1) is 9.04. The molecule has 0 aliphatic carbocycles. The van der Waals surface area contributed by atoms with Gasteiger partial charge in [-0.25, -0.2) is 4.79 Å². The number of carboxylic acid groups (broad SMARTS) is 1. The number of aromatic nitrogens is 1. The summed E-state index contributed by atoms with van der Waals surface area (Å²) in [4.78, 5) is 11.2. The van der Waals surface area contributed by atoms with Crippen molar-refractivity contribution in [1.29, 1.82) is 0 Å². The second-order valence-corrected chi connectivity index (χ2v) is 6.21. The Balaban J connectivity index is 2.55. The molecule has 0 aliphatic heterocycles. The molecule has 5 heteroatoms. The van der Waals surface area contributed by atoms with Crippen LogP contribution in [0.2, 0.25) is 0 Å². The van der Waals surface area contributed by atoms with Crippen LogP contribution >= 0.6 is 38.5 Å². The van der Waals surface area contributed by atoms with Gasteiger partial charge >= 0.3 is 5.97 Å². The van der Waals surface area contributed by atoms with Crippen molar-refractivity contribution >= 4 is 44.5 Å². The van der Waals surface area contributed by atoms with E-state index in [-0.39, 0.29) is 0 Å². The highest BCUT2D eigenvalue weighted by molar-refractivity contribution is 14.1. The monoisotopic (exact) mass is 433 g/mol. The highest BCUT2D eigenvalue weighted by Crippen LogP contribution is 2.28. The smallest absolute Gasteiger partial charge is 0.352 e. The van der Waals surface area contributed by atoms with E-state index in [0.29, 0.717) is 12.2 Å². The Morgan fingerprint density at radius 1 is 1.37 bits per heavy atom. The molecule has 0 saturated heterocycles. The minimum Gasteiger partial charge on any atom is -0.477 e. The summed E-state index contributed by atoms with van der Waals surface area (Å²) in [6.45, 7) is 2.75. The van der Waals surface area contributed by atoms with Crippen LogP contribution in [0.25, 0.3) is 11.3 Å². The average Bonchev–Trinajstić information content (AvgIpc) is 2.77. The summed E-state index contributed by atoms with van der Waals surface area (Å²) in [7, 11) is 0. The van der Waals surface area contributed by atoms with Gasteiger partial charge in [0, 0.05) is 20.3 Å².